The molecule has 0 bridgehead atoms. The predicted octanol–water partition coefficient (Wildman–Crippen LogP) is 3.06. The number of carbonyl (C=O) groups is 1. The third kappa shape index (κ3) is 4.89. The molecule has 0 saturated heterocycles. The van der Waals surface area contributed by atoms with Gasteiger partial charge in [-0.25, -0.2) is 4.79 Å². The van der Waals surface area contributed by atoms with Gasteiger partial charge < -0.3 is 20.1 Å². The Morgan fingerprint density at radius 3 is 2.56 bits per heavy atom. The highest BCUT2D eigenvalue weighted by atomic mass is 16.5. The molecule has 2 aromatic rings. The summed E-state index contributed by atoms with van der Waals surface area (Å²) in [7, 11) is 1.63. The summed E-state index contributed by atoms with van der Waals surface area (Å²) in [6.07, 6.45) is 3.54. The van der Waals surface area contributed by atoms with Crippen LogP contribution < -0.4 is 20.1 Å². The number of amides is 2. The van der Waals surface area contributed by atoms with Gasteiger partial charge in [-0.3, -0.25) is 0 Å². The minimum Gasteiger partial charge on any atom is -0.497 e. The summed E-state index contributed by atoms with van der Waals surface area (Å²) in [4.78, 5) is 11.8. The summed E-state index contributed by atoms with van der Waals surface area (Å²) in [5, 5.41) is 5.62. The normalized spacial score (nSPS) is 12.4. The Bertz CT molecular complexity index is 713. The first-order valence-electron chi connectivity index (χ1n) is 8.64. The van der Waals surface area contributed by atoms with Crippen LogP contribution in [0.5, 0.6) is 11.5 Å². The van der Waals surface area contributed by atoms with Gasteiger partial charge in [-0.2, -0.15) is 0 Å². The fraction of sp³-hybridized carbons (Fsp3) is 0.350. The number of ether oxygens (including phenoxy) is 2. The predicted molar refractivity (Wildman–Crippen MR) is 97.2 cm³/mol. The van der Waals surface area contributed by atoms with E-state index in [-0.39, 0.29) is 6.03 Å². The molecule has 0 radical (unpaired) electrons. The van der Waals surface area contributed by atoms with Gasteiger partial charge in [-0.15, -0.1) is 0 Å². The van der Waals surface area contributed by atoms with Crippen molar-refractivity contribution >= 4 is 6.03 Å². The van der Waals surface area contributed by atoms with Gasteiger partial charge in [0.05, 0.1) is 13.7 Å². The third-order valence-electron chi connectivity index (χ3n) is 4.34. The average molecular weight is 340 g/mol. The SMILES string of the molecule is COc1ccc(CNC(=O)NCCOc2ccc3c(c2)CCC3)cc1. The zero-order chi connectivity index (χ0) is 17.5. The van der Waals surface area contributed by atoms with E-state index >= 15 is 0 Å². The molecule has 2 N–H and O–H groups in total. The first kappa shape index (κ1) is 17.1. The van der Waals surface area contributed by atoms with Crippen LogP contribution in [0.1, 0.15) is 23.1 Å². The van der Waals surface area contributed by atoms with Crippen molar-refractivity contribution in [1.29, 1.82) is 0 Å². The quantitative estimate of drug-likeness (QED) is 0.762. The number of benzene rings is 2. The number of nitrogens with one attached hydrogen (secondary N) is 2. The van der Waals surface area contributed by atoms with E-state index in [1.54, 1.807) is 7.11 Å². The number of fused-ring (bicyclic) bond motifs is 1. The van der Waals surface area contributed by atoms with Gasteiger partial charge in [-0.1, -0.05) is 18.2 Å². The van der Waals surface area contributed by atoms with E-state index in [2.05, 4.69) is 22.8 Å². The standard InChI is InChI=1S/C20H24N2O3/c1-24-18-8-5-15(6-9-18)14-22-20(23)21-11-12-25-19-10-7-16-3-2-4-17(16)13-19/h5-10,13H,2-4,11-12,14H2,1H3,(H2,21,22,23). The lowest BCUT2D eigenvalue weighted by atomic mass is 10.1. The lowest BCUT2D eigenvalue weighted by Crippen LogP contribution is -2.37. The van der Waals surface area contributed by atoms with Gasteiger partial charge in [0.1, 0.15) is 18.1 Å². The molecule has 0 heterocycles. The molecule has 3 rings (SSSR count). The Labute approximate surface area is 148 Å². The van der Waals surface area contributed by atoms with Crippen molar-refractivity contribution in [2.45, 2.75) is 25.8 Å². The second kappa shape index (κ2) is 8.42. The van der Waals surface area contributed by atoms with Crippen molar-refractivity contribution in [3.8, 4) is 11.5 Å². The van der Waals surface area contributed by atoms with Crippen LogP contribution in [0.2, 0.25) is 0 Å². The number of hydrogen-bond acceptors (Lipinski definition) is 3. The molecule has 25 heavy (non-hydrogen) atoms. The van der Waals surface area contributed by atoms with Gasteiger partial charge in [0.25, 0.3) is 0 Å². The molecule has 2 amide bonds. The van der Waals surface area contributed by atoms with Gasteiger partial charge in [0.15, 0.2) is 0 Å². The Balaban J connectivity index is 1.33. The van der Waals surface area contributed by atoms with Gasteiger partial charge >= 0.3 is 6.03 Å². The number of methoxy groups -OCH3 is 1. The molecule has 2 aromatic carbocycles. The zero-order valence-corrected chi connectivity index (χ0v) is 14.5. The monoisotopic (exact) mass is 340 g/mol. The van der Waals surface area contributed by atoms with Crippen molar-refractivity contribution < 1.29 is 14.3 Å². The second-order valence-electron chi connectivity index (χ2n) is 6.09. The topological polar surface area (TPSA) is 59.6 Å². The first-order valence-corrected chi connectivity index (χ1v) is 8.64. The van der Waals surface area contributed by atoms with E-state index in [0.717, 1.165) is 23.5 Å². The van der Waals surface area contributed by atoms with E-state index in [4.69, 9.17) is 9.47 Å². The van der Waals surface area contributed by atoms with Crippen molar-refractivity contribution in [1.82, 2.24) is 10.6 Å². The van der Waals surface area contributed by atoms with Crippen LogP contribution in [-0.2, 0) is 19.4 Å². The van der Waals surface area contributed by atoms with E-state index in [1.165, 1.54) is 24.0 Å². The molecule has 0 aromatic heterocycles. The van der Waals surface area contributed by atoms with Crippen LogP contribution in [-0.4, -0.2) is 26.3 Å². The summed E-state index contributed by atoms with van der Waals surface area (Å²) >= 11 is 0. The molecule has 1 aliphatic rings. The Hall–Kier alpha value is -2.69. The van der Waals surface area contributed by atoms with Crippen LogP contribution in [0, 0.1) is 0 Å². The van der Waals surface area contributed by atoms with Crippen LogP contribution in [0.3, 0.4) is 0 Å². The molecule has 5 nitrogen and oxygen atoms in total. The Morgan fingerprint density at radius 1 is 1.00 bits per heavy atom. The maximum absolute atomic E-state index is 11.8. The van der Waals surface area contributed by atoms with Crippen LogP contribution in [0.4, 0.5) is 4.79 Å². The Kier molecular flexibility index (Phi) is 5.77. The molecule has 0 spiro atoms. The summed E-state index contributed by atoms with van der Waals surface area (Å²) in [6, 6.07) is 13.7. The second-order valence-corrected chi connectivity index (χ2v) is 6.09. The van der Waals surface area contributed by atoms with Crippen molar-refractivity contribution in [2.24, 2.45) is 0 Å². The van der Waals surface area contributed by atoms with Gasteiger partial charge in [-0.05, 0) is 60.2 Å². The number of urea groups is 1. The van der Waals surface area contributed by atoms with E-state index in [9.17, 15) is 4.79 Å². The van der Waals surface area contributed by atoms with E-state index < -0.39 is 0 Å². The molecule has 0 aliphatic heterocycles. The number of carbonyl (C=O) groups excluding carboxylic acids is 1. The molecule has 1 aliphatic carbocycles. The van der Waals surface area contributed by atoms with Crippen molar-refractivity contribution in [2.75, 3.05) is 20.3 Å². The molecule has 0 fully saturated rings. The highest BCUT2D eigenvalue weighted by Crippen LogP contribution is 2.25. The minimum atomic E-state index is -0.201. The fourth-order valence-corrected chi connectivity index (χ4v) is 2.96. The summed E-state index contributed by atoms with van der Waals surface area (Å²) < 4.78 is 10.8. The molecule has 0 atom stereocenters. The van der Waals surface area contributed by atoms with Crippen molar-refractivity contribution in [3.63, 3.8) is 0 Å². The Morgan fingerprint density at radius 2 is 1.76 bits per heavy atom. The lowest BCUT2D eigenvalue weighted by molar-refractivity contribution is 0.236. The highest BCUT2D eigenvalue weighted by Gasteiger charge is 2.11. The largest absolute Gasteiger partial charge is 0.497 e. The van der Waals surface area contributed by atoms with Gasteiger partial charge in [0.2, 0.25) is 0 Å². The third-order valence-corrected chi connectivity index (χ3v) is 4.34. The van der Waals surface area contributed by atoms with Crippen LogP contribution in [0.15, 0.2) is 42.5 Å². The maximum atomic E-state index is 11.8. The van der Waals surface area contributed by atoms with Crippen LogP contribution in [0.25, 0.3) is 0 Å². The molecule has 132 valence electrons. The molecule has 0 saturated carbocycles. The molecular weight excluding hydrogens is 316 g/mol. The summed E-state index contributed by atoms with van der Waals surface area (Å²) in [5.74, 6) is 1.68. The van der Waals surface area contributed by atoms with Crippen LogP contribution >= 0.6 is 0 Å². The van der Waals surface area contributed by atoms with E-state index in [1.807, 2.05) is 30.3 Å². The fourth-order valence-electron chi connectivity index (χ4n) is 2.96. The highest BCUT2D eigenvalue weighted by molar-refractivity contribution is 5.73. The zero-order valence-electron chi connectivity index (χ0n) is 14.5. The number of rotatable bonds is 7. The number of aryl methyl sites for hydroxylation is 2. The lowest BCUT2D eigenvalue weighted by Gasteiger charge is -2.10. The smallest absolute Gasteiger partial charge is 0.315 e. The molecule has 0 unspecified atom stereocenters. The average Bonchev–Trinajstić information content (AvgIpc) is 3.12. The summed E-state index contributed by atoms with van der Waals surface area (Å²) in [5.41, 5.74) is 3.84. The number of hydrogen-bond donors (Lipinski definition) is 2. The minimum absolute atomic E-state index is 0.201. The molecule has 5 heteroatoms. The maximum Gasteiger partial charge on any atom is 0.315 e. The van der Waals surface area contributed by atoms with Crippen molar-refractivity contribution in [3.05, 3.63) is 59.2 Å². The first-order chi connectivity index (χ1) is 12.2. The van der Waals surface area contributed by atoms with Gasteiger partial charge in [0, 0.05) is 6.54 Å². The summed E-state index contributed by atoms with van der Waals surface area (Å²) in [6.45, 7) is 1.39. The molecular formula is C20H24N2O3. The van der Waals surface area contributed by atoms with E-state index in [0.29, 0.717) is 19.7 Å².